The molecule has 0 aliphatic rings. The average molecular weight is 262 g/mol. The van der Waals surface area contributed by atoms with Crippen LogP contribution in [-0.4, -0.2) is 21.8 Å². The molecule has 1 atom stereocenters. The molecule has 0 aliphatic carbocycles. The van der Waals surface area contributed by atoms with Crippen LogP contribution in [0.1, 0.15) is 21.5 Å². The van der Waals surface area contributed by atoms with Gasteiger partial charge in [-0.15, -0.1) is 0 Å². The maximum Gasteiger partial charge on any atom is 0.339 e. The zero-order valence-electron chi connectivity index (χ0n) is 8.78. The molecule has 0 aliphatic heterocycles. The van der Waals surface area contributed by atoms with E-state index in [1.807, 2.05) is 0 Å². The van der Waals surface area contributed by atoms with E-state index in [9.17, 15) is 13.6 Å². The average Bonchev–Trinajstić information content (AvgIpc) is 2.23. The van der Waals surface area contributed by atoms with E-state index in [1.165, 1.54) is 13.2 Å². The summed E-state index contributed by atoms with van der Waals surface area (Å²) in [5, 5.41) is 0.231. The quantitative estimate of drug-likeness (QED) is 0.615. The van der Waals surface area contributed by atoms with Crippen LogP contribution in [-0.2, 0) is 21.6 Å². The van der Waals surface area contributed by atoms with Crippen molar-refractivity contribution in [2.45, 2.75) is 12.7 Å². The van der Waals surface area contributed by atoms with E-state index in [0.717, 1.165) is 0 Å². The van der Waals surface area contributed by atoms with Crippen LogP contribution in [0.15, 0.2) is 12.1 Å². The summed E-state index contributed by atoms with van der Waals surface area (Å²) in [6.07, 6.45) is 0. The van der Waals surface area contributed by atoms with Crippen LogP contribution in [0, 0.1) is 6.92 Å². The fraction of sp³-hybridized carbons (Fsp3) is 0.300. The second-order valence-electron chi connectivity index (χ2n) is 3.15. The minimum absolute atomic E-state index is 0.118. The first-order chi connectivity index (χ1) is 7.47. The van der Waals surface area contributed by atoms with Gasteiger partial charge >= 0.3 is 5.97 Å². The predicted molar refractivity (Wildman–Crippen MR) is 60.2 cm³/mol. The van der Waals surface area contributed by atoms with Crippen LogP contribution in [0.25, 0.3) is 0 Å². The van der Waals surface area contributed by atoms with Crippen molar-refractivity contribution in [3.8, 4) is 0 Å². The first kappa shape index (κ1) is 13.2. The number of rotatable bonds is 3. The van der Waals surface area contributed by atoms with Crippen molar-refractivity contribution in [3.05, 3.63) is 33.8 Å². The Hall–Kier alpha value is -0.910. The van der Waals surface area contributed by atoms with Gasteiger partial charge in [-0.1, -0.05) is 28.7 Å². The van der Waals surface area contributed by atoms with Gasteiger partial charge in [0.25, 0.3) is 0 Å². The summed E-state index contributed by atoms with van der Waals surface area (Å²) in [6, 6.07) is 3.02. The van der Waals surface area contributed by atoms with Crippen LogP contribution in [0.4, 0.5) is 0 Å². The first-order valence-electron chi connectivity index (χ1n) is 4.39. The number of carbonyl (C=O) groups excluding carboxylic acids is 1. The Labute approximate surface area is 101 Å². The topological polar surface area (TPSA) is 66.4 Å². The highest BCUT2D eigenvalue weighted by atomic mass is 35.5. The third kappa shape index (κ3) is 2.81. The molecule has 16 heavy (non-hydrogen) atoms. The third-order valence-electron chi connectivity index (χ3n) is 2.18. The summed E-state index contributed by atoms with van der Waals surface area (Å²) in [6.45, 7) is 1.66. The molecule has 0 fully saturated rings. The maximum absolute atomic E-state index is 11.3. The van der Waals surface area contributed by atoms with Crippen LogP contribution >= 0.6 is 11.6 Å². The van der Waals surface area contributed by atoms with Crippen LogP contribution < -0.4 is 0 Å². The highest BCUT2D eigenvalue weighted by molar-refractivity contribution is 7.78. The Bertz CT molecular complexity index is 445. The van der Waals surface area contributed by atoms with Crippen LogP contribution in [0.2, 0.25) is 5.02 Å². The summed E-state index contributed by atoms with van der Waals surface area (Å²) < 4.78 is 25.7. The largest absolute Gasteiger partial charge is 0.772 e. The van der Waals surface area contributed by atoms with Crippen molar-refractivity contribution < 1.29 is 18.3 Å². The van der Waals surface area contributed by atoms with E-state index >= 15 is 0 Å². The highest BCUT2D eigenvalue weighted by Gasteiger charge is 2.14. The fourth-order valence-electron chi connectivity index (χ4n) is 1.28. The Balaban J connectivity index is 3.17. The van der Waals surface area contributed by atoms with Crippen LogP contribution in [0.5, 0.6) is 0 Å². The smallest absolute Gasteiger partial charge is 0.339 e. The monoisotopic (exact) mass is 261 g/mol. The van der Waals surface area contributed by atoms with E-state index in [4.69, 9.17) is 11.6 Å². The van der Waals surface area contributed by atoms with E-state index in [2.05, 4.69) is 4.74 Å². The van der Waals surface area contributed by atoms with Crippen molar-refractivity contribution in [2.24, 2.45) is 0 Å². The molecule has 1 aromatic carbocycles. The van der Waals surface area contributed by atoms with Crippen molar-refractivity contribution in [3.63, 3.8) is 0 Å². The van der Waals surface area contributed by atoms with Crippen molar-refractivity contribution >= 4 is 28.7 Å². The molecular weight excluding hydrogens is 252 g/mol. The molecule has 0 radical (unpaired) electrons. The second kappa shape index (κ2) is 5.43. The summed E-state index contributed by atoms with van der Waals surface area (Å²) in [5.41, 5.74) is 1.39. The van der Waals surface area contributed by atoms with E-state index in [-0.39, 0.29) is 16.3 Å². The molecule has 0 amide bonds. The number of esters is 1. The molecule has 0 heterocycles. The molecule has 0 aromatic heterocycles. The number of hydrogen-bond donors (Lipinski definition) is 0. The van der Waals surface area contributed by atoms with Gasteiger partial charge in [0.1, 0.15) is 0 Å². The normalized spacial score (nSPS) is 12.2. The number of benzene rings is 1. The molecule has 0 saturated heterocycles. The zero-order chi connectivity index (χ0) is 12.3. The minimum atomic E-state index is -2.18. The van der Waals surface area contributed by atoms with Gasteiger partial charge in [-0.05, 0) is 24.1 Å². The van der Waals surface area contributed by atoms with Gasteiger partial charge < -0.3 is 9.29 Å². The van der Waals surface area contributed by atoms with E-state index in [0.29, 0.717) is 11.1 Å². The van der Waals surface area contributed by atoms with Gasteiger partial charge in [-0.2, -0.15) is 0 Å². The maximum atomic E-state index is 11.3. The van der Waals surface area contributed by atoms with Gasteiger partial charge in [0, 0.05) is 5.75 Å². The summed E-state index contributed by atoms with van der Waals surface area (Å²) in [4.78, 5) is 11.3. The number of carbonyl (C=O) groups is 1. The van der Waals surface area contributed by atoms with E-state index < -0.39 is 17.0 Å². The Morgan fingerprint density at radius 1 is 1.56 bits per heavy atom. The van der Waals surface area contributed by atoms with Gasteiger partial charge in [0.05, 0.1) is 17.7 Å². The predicted octanol–water partition coefficient (Wildman–Crippen LogP) is 1.81. The lowest BCUT2D eigenvalue weighted by Gasteiger charge is -2.12. The Kier molecular flexibility index (Phi) is 4.46. The second-order valence-corrected chi connectivity index (χ2v) is 4.43. The first-order valence-corrected chi connectivity index (χ1v) is 6.01. The van der Waals surface area contributed by atoms with Crippen molar-refractivity contribution in [2.75, 3.05) is 7.11 Å². The third-order valence-corrected chi connectivity index (χ3v) is 3.21. The summed E-state index contributed by atoms with van der Waals surface area (Å²) in [5.74, 6) is -0.657. The van der Waals surface area contributed by atoms with Crippen LogP contribution in [0.3, 0.4) is 0 Å². The molecule has 1 aromatic rings. The summed E-state index contributed by atoms with van der Waals surface area (Å²) in [7, 11) is 1.26. The molecule has 0 N–H and O–H groups in total. The molecule has 0 saturated carbocycles. The highest BCUT2D eigenvalue weighted by Crippen LogP contribution is 2.25. The number of halogens is 1. The Morgan fingerprint density at radius 3 is 2.69 bits per heavy atom. The van der Waals surface area contributed by atoms with Crippen molar-refractivity contribution in [1.29, 1.82) is 0 Å². The van der Waals surface area contributed by atoms with Gasteiger partial charge in [0.15, 0.2) is 0 Å². The molecule has 1 rings (SSSR count). The molecule has 0 spiro atoms. The van der Waals surface area contributed by atoms with Gasteiger partial charge in [0.2, 0.25) is 0 Å². The standard InChI is InChI=1S/C10H11ClO4S/c1-6-7(5-16(13)14)3-4-8(9(6)11)10(12)15-2/h3-4H,5H2,1-2H3,(H,13,14)/p-1. The lowest BCUT2D eigenvalue weighted by atomic mass is 10.1. The molecule has 1 unspecified atom stereocenters. The molecule has 0 bridgehead atoms. The summed E-state index contributed by atoms with van der Waals surface area (Å²) >= 11 is 3.77. The molecule has 4 nitrogen and oxygen atoms in total. The molecular formula is C10H10ClO4S-. The lowest BCUT2D eigenvalue weighted by molar-refractivity contribution is 0.0601. The van der Waals surface area contributed by atoms with Crippen molar-refractivity contribution in [1.82, 2.24) is 0 Å². The number of ether oxygens (including phenoxy) is 1. The van der Waals surface area contributed by atoms with Gasteiger partial charge in [-0.25, -0.2) is 4.79 Å². The minimum Gasteiger partial charge on any atom is -0.772 e. The Morgan fingerprint density at radius 2 is 2.19 bits per heavy atom. The number of hydrogen-bond acceptors (Lipinski definition) is 4. The zero-order valence-corrected chi connectivity index (χ0v) is 10.4. The molecule has 6 heteroatoms. The van der Waals surface area contributed by atoms with Gasteiger partial charge in [-0.3, -0.25) is 4.21 Å². The fourth-order valence-corrected chi connectivity index (χ4v) is 2.10. The van der Waals surface area contributed by atoms with E-state index in [1.54, 1.807) is 13.0 Å². The lowest BCUT2D eigenvalue weighted by Crippen LogP contribution is -2.05. The number of methoxy groups -OCH3 is 1. The SMILES string of the molecule is COC(=O)c1ccc(CS(=O)[O-])c(C)c1Cl. The molecule has 88 valence electrons.